The van der Waals surface area contributed by atoms with Gasteiger partial charge in [0, 0.05) is 13.1 Å². The molecule has 0 N–H and O–H groups in total. The molecule has 1 amide bonds. The molecule has 0 aromatic heterocycles. The van der Waals surface area contributed by atoms with Crippen molar-refractivity contribution in [2.75, 3.05) is 13.1 Å². The van der Waals surface area contributed by atoms with Gasteiger partial charge < -0.3 is 4.90 Å². The molecular weight excluding hydrogens is 253 g/mol. The number of likely N-dealkylation sites (tertiary alicyclic amines) is 1. The second-order valence-electron chi connectivity index (χ2n) is 6.15. The standard InChI is InChI=1S/C17H22FNO/c18-15-8-6-14(7-9-15)17(10-5-11-17)16(20)19-12-3-1-2-4-13-19/h6-9H,1-5,10-13H2. The van der Waals surface area contributed by atoms with Crippen LogP contribution in [-0.4, -0.2) is 23.9 Å². The third-order valence-electron chi connectivity index (χ3n) is 4.91. The lowest BCUT2D eigenvalue weighted by molar-refractivity contribution is -0.140. The van der Waals surface area contributed by atoms with Crippen molar-refractivity contribution in [1.82, 2.24) is 4.90 Å². The summed E-state index contributed by atoms with van der Waals surface area (Å²) in [5, 5.41) is 0. The maximum atomic E-state index is 13.1. The molecule has 2 aliphatic rings. The first-order valence-corrected chi connectivity index (χ1v) is 7.78. The summed E-state index contributed by atoms with van der Waals surface area (Å²) in [5.41, 5.74) is 0.636. The number of carbonyl (C=O) groups excluding carboxylic acids is 1. The second kappa shape index (κ2) is 5.55. The summed E-state index contributed by atoms with van der Waals surface area (Å²) in [7, 11) is 0. The monoisotopic (exact) mass is 275 g/mol. The molecule has 0 spiro atoms. The van der Waals surface area contributed by atoms with Gasteiger partial charge in [-0.25, -0.2) is 4.39 Å². The van der Waals surface area contributed by atoms with Crippen LogP contribution >= 0.6 is 0 Å². The summed E-state index contributed by atoms with van der Waals surface area (Å²) in [6.07, 6.45) is 7.61. The number of rotatable bonds is 2. The summed E-state index contributed by atoms with van der Waals surface area (Å²) in [6, 6.07) is 6.55. The van der Waals surface area contributed by atoms with E-state index in [1.165, 1.54) is 25.0 Å². The van der Waals surface area contributed by atoms with Gasteiger partial charge in [-0.05, 0) is 43.4 Å². The van der Waals surface area contributed by atoms with Gasteiger partial charge in [0.05, 0.1) is 5.41 Å². The van der Waals surface area contributed by atoms with Crippen LogP contribution in [0.5, 0.6) is 0 Å². The first-order chi connectivity index (χ1) is 9.72. The Bertz CT molecular complexity index is 470. The molecule has 0 unspecified atom stereocenters. The highest BCUT2D eigenvalue weighted by Crippen LogP contribution is 2.45. The highest BCUT2D eigenvalue weighted by atomic mass is 19.1. The van der Waals surface area contributed by atoms with Crippen molar-refractivity contribution in [3.63, 3.8) is 0 Å². The minimum atomic E-state index is -0.363. The van der Waals surface area contributed by atoms with E-state index in [1.54, 1.807) is 12.1 Å². The van der Waals surface area contributed by atoms with Crippen LogP contribution < -0.4 is 0 Å². The van der Waals surface area contributed by atoms with Gasteiger partial charge in [-0.2, -0.15) is 0 Å². The molecule has 1 aliphatic heterocycles. The van der Waals surface area contributed by atoms with Crippen molar-refractivity contribution in [2.24, 2.45) is 0 Å². The Morgan fingerprint density at radius 1 is 0.950 bits per heavy atom. The van der Waals surface area contributed by atoms with Crippen LogP contribution in [0, 0.1) is 5.82 Å². The molecule has 1 heterocycles. The summed E-state index contributed by atoms with van der Waals surface area (Å²) in [4.78, 5) is 15.0. The summed E-state index contributed by atoms with van der Waals surface area (Å²) in [6.45, 7) is 1.78. The molecule has 108 valence electrons. The van der Waals surface area contributed by atoms with Crippen LogP contribution in [0.2, 0.25) is 0 Å². The number of halogens is 1. The summed E-state index contributed by atoms with van der Waals surface area (Å²) >= 11 is 0. The van der Waals surface area contributed by atoms with Gasteiger partial charge in [0.1, 0.15) is 5.82 Å². The van der Waals surface area contributed by atoms with Crippen LogP contribution in [0.4, 0.5) is 4.39 Å². The van der Waals surface area contributed by atoms with E-state index in [0.717, 1.165) is 50.8 Å². The van der Waals surface area contributed by atoms with Crippen molar-refractivity contribution in [1.29, 1.82) is 0 Å². The molecule has 1 aromatic carbocycles. The van der Waals surface area contributed by atoms with Crippen molar-refractivity contribution < 1.29 is 9.18 Å². The molecule has 0 radical (unpaired) electrons. The van der Waals surface area contributed by atoms with E-state index in [4.69, 9.17) is 0 Å². The Labute approximate surface area is 120 Å². The third-order valence-corrected chi connectivity index (χ3v) is 4.91. The summed E-state index contributed by atoms with van der Waals surface area (Å²) in [5.74, 6) is 0.0442. The van der Waals surface area contributed by atoms with Gasteiger partial charge in [0.25, 0.3) is 0 Å². The smallest absolute Gasteiger partial charge is 0.233 e. The average Bonchev–Trinajstić information content (AvgIpc) is 2.68. The molecule has 1 aromatic rings. The van der Waals surface area contributed by atoms with Gasteiger partial charge in [-0.1, -0.05) is 31.4 Å². The number of hydrogen-bond donors (Lipinski definition) is 0. The van der Waals surface area contributed by atoms with Crippen molar-refractivity contribution in [2.45, 2.75) is 50.4 Å². The van der Waals surface area contributed by atoms with Crippen molar-refractivity contribution in [3.05, 3.63) is 35.6 Å². The third kappa shape index (κ3) is 2.34. The van der Waals surface area contributed by atoms with Gasteiger partial charge in [0.2, 0.25) is 5.91 Å². The van der Waals surface area contributed by atoms with Crippen LogP contribution in [0.1, 0.15) is 50.5 Å². The number of benzene rings is 1. The Morgan fingerprint density at radius 2 is 1.55 bits per heavy atom. The minimum Gasteiger partial charge on any atom is -0.342 e. The maximum Gasteiger partial charge on any atom is 0.233 e. The topological polar surface area (TPSA) is 20.3 Å². The van der Waals surface area contributed by atoms with E-state index in [9.17, 15) is 9.18 Å². The molecule has 1 aliphatic carbocycles. The van der Waals surface area contributed by atoms with Crippen LogP contribution in [-0.2, 0) is 10.2 Å². The van der Waals surface area contributed by atoms with Gasteiger partial charge in [-0.3, -0.25) is 4.79 Å². The lowest BCUT2D eigenvalue weighted by atomic mass is 9.63. The van der Waals surface area contributed by atoms with Crippen LogP contribution in [0.15, 0.2) is 24.3 Å². The van der Waals surface area contributed by atoms with E-state index in [0.29, 0.717) is 0 Å². The van der Waals surface area contributed by atoms with Gasteiger partial charge >= 0.3 is 0 Å². The number of carbonyl (C=O) groups is 1. The quantitative estimate of drug-likeness (QED) is 0.806. The fraction of sp³-hybridized carbons (Fsp3) is 0.588. The summed E-state index contributed by atoms with van der Waals surface area (Å²) < 4.78 is 13.1. The average molecular weight is 275 g/mol. The molecule has 1 saturated heterocycles. The molecule has 0 bridgehead atoms. The zero-order chi connectivity index (χ0) is 14.0. The highest BCUT2D eigenvalue weighted by Gasteiger charge is 2.47. The Kier molecular flexibility index (Phi) is 3.77. The fourth-order valence-electron chi connectivity index (χ4n) is 3.50. The molecule has 3 heteroatoms. The Balaban J connectivity index is 1.84. The Morgan fingerprint density at radius 3 is 2.05 bits per heavy atom. The van der Waals surface area contributed by atoms with E-state index >= 15 is 0 Å². The first-order valence-electron chi connectivity index (χ1n) is 7.78. The predicted octanol–water partition coefficient (Wildman–Crippen LogP) is 3.65. The lowest BCUT2D eigenvalue weighted by Gasteiger charge is -2.44. The van der Waals surface area contributed by atoms with E-state index in [-0.39, 0.29) is 17.1 Å². The Hall–Kier alpha value is -1.38. The molecular formula is C17H22FNO. The molecule has 3 rings (SSSR count). The predicted molar refractivity (Wildman–Crippen MR) is 77.0 cm³/mol. The molecule has 1 saturated carbocycles. The highest BCUT2D eigenvalue weighted by molar-refractivity contribution is 5.89. The molecule has 20 heavy (non-hydrogen) atoms. The number of amides is 1. The molecule has 0 atom stereocenters. The second-order valence-corrected chi connectivity index (χ2v) is 6.15. The van der Waals surface area contributed by atoms with Crippen LogP contribution in [0.3, 0.4) is 0 Å². The number of hydrogen-bond acceptors (Lipinski definition) is 1. The number of nitrogens with zero attached hydrogens (tertiary/aromatic N) is 1. The maximum absolute atomic E-state index is 13.1. The first kappa shape index (κ1) is 13.6. The van der Waals surface area contributed by atoms with E-state index in [1.807, 2.05) is 0 Å². The molecule has 2 nitrogen and oxygen atoms in total. The largest absolute Gasteiger partial charge is 0.342 e. The van der Waals surface area contributed by atoms with E-state index in [2.05, 4.69) is 4.90 Å². The zero-order valence-electron chi connectivity index (χ0n) is 11.9. The molecule has 2 fully saturated rings. The van der Waals surface area contributed by atoms with Crippen LogP contribution in [0.25, 0.3) is 0 Å². The van der Waals surface area contributed by atoms with Crippen molar-refractivity contribution in [3.8, 4) is 0 Å². The van der Waals surface area contributed by atoms with Gasteiger partial charge in [-0.15, -0.1) is 0 Å². The van der Waals surface area contributed by atoms with Crippen molar-refractivity contribution >= 4 is 5.91 Å². The fourth-order valence-corrected chi connectivity index (χ4v) is 3.50. The normalized spacial score (nSPS) is 21.9. The van der Waals surface area contributed by atoms with Gasteiger partial charge in [0.15, 0.2) is 0 Å². The SMILES string of the molecule is O=C(N1CCCCCC1)C1(c2ccc(F)cc2)CCC1. The lowest BCUT2D eigenvalue weighted by Crippen LogP contribution is -2.51. The minimum absolute atomic E-state index is 0.231. The van der Waals surface area contributed by atoms with E-state index < -0.39 is 0 Å². The zero-order valence-corrected chi connectivity index (χ0v) is 11.9.